The van der Waals surface area contributed by atoms with Crippen LogP contribution in [-0.2, 0) is 19.6 Å². The summed E-state index contributed by atoms with van der Waals surface area (Å²) in [4.78, 5) is 35.8. The van der Waals surface area contributed by atoms with Crippen LogP contribution >= 0.6 is 11.6 Å². The number of ether oxygens (including phenoxy) is 1. The van der Waals surface area contributed by atoms with Gasteiger partial charge < -0.3 is 10.1 Å². The fourth-order valence-corrected chi connectivity index (χ4v) is 5.32. The van der Waals surface area contributed by atoms with Gasteiger partial charge in [-0.15, -0.1) is 0 Å². The Balaban J connectivity index is 1.66. The number of anilines is 1. The summed E-state index contributed by atoms with van der Waals surface area (Å²) in [6, 6.07) is 10.2. The predicted molar refractivity (Wildman–Crippen MR) is 119 cm³/mol. The van der Waals surface area contributed by atoms with Gasteiger partial charge in [-0.2, -0.15) is 4.31 Å². The Morgan fingerprint density at radius 1 is 1.03 bits per heavy atom. The average molecular weight is 479 g/mol. The number of carbonyl (C=O) groups is 3. The van der Waals surface area contributed by atoms with Gasteiger partial charge in [-0.3, -0.25) is 9.59 Å². The van der Waals surface area contributed by atoms with Gasteiger partial charge in [-0.1, -0.05) is 30.2 Å². The maximum absolute atomic E-state index is 12.9. The van der Waals surface area contributed by atoms with E-state index in [0.29, 0.717) is 24.3 Å². The third-order valence-corrected chi connectivity index (χ3v) is 7.37. The first-order valence-electron chi connectivity index (χ1n) is 10.1. The fourth-order valence-electron chi connectivity index (χ4n) is 3.30. The fraction of sp³-hybridized carbons (Fsp3) is 0.318. The molecular formula is C22H23ClN2O6S. The lowest BCUT2D eigenvalue weighted by atomic mass is 10.1. The summed E-state index contributed by atoms with van der Waals surface area (Å²) in [5.41, 5.74) is 0.792. The number of ketones is 1. The van der Waals surface area contributed by atoms with Gasteiger partial charge in [0.25, 0.3) is 5.91 Å². The summed E-state index contributed by atoms with van der Waals surface area (Å²) < 4.78 is 32.2. The highest BCUT2D eigenvalue weighted by Crippen LogP contribution is 2.28. The van der Waals surface area contributed by atoms with E-state index in [9.17, 15) is 22.8 Å². The molecule has 2 aromatic rings. The topological polar surface area (TPSA) is 110 Å². The lowest BCUT2D eigenvalue weighted by Gasteiger charge is -2.26. The van der Waals surface area contributed by atoms with Gasteiger partial charge >= 0.3 is 5.97 Å². The molecule has 0 atom stereocenters. The maximum atomic E-state index is 12.9. The van der Waals surface area contributed by atoms with Gasteiger partial charge in [0, 0.05) is 24.3 Å². The molecule has 0 bridgehead atoms. The molecule has 32 heavy (non-hydrogen) atoms. The number of esters is 1. The van der Waals surface area contributed by atoms with Crippen molar-refractivity contribution in [1.82, 2.24) is 4.31 Å². The molecule has 0 radical (unpaired) electrons. The molecule has 1 amide bonds. The number of nitrogens with zero attached hydrogens (tertiary/aromatic N) is 1. The molecule has 8 nitrogen and oxygen atoms in total. The third-order valence-electron chi connectivity index (χ3n) is 4.99. The third kappa shape index (κ3) is 5.73. The van der Waals surface area contributed by atoms with Crippen LogP contribution in [0.3, 0.4) is 0 Å². The summed E-state index contributed by atoms with van der Waals surface area (Å²) in [5.74, 6) is -1.61. The van der Waals surface area contributed by atoms with E-state index in [1.807, 2.05) is 0 Å². The number of amides is 1. The molecule has 0 unspecified atom stereocenters. The SMILES string of the molecule is CC(=O)c1cccc(NC(=O)COC(=O)c2ccc(Cl)c(S(=O)(=O)N3CCCCC3)c2)c1. The second kappa shape index (κ2) is 10.2. The normalized spacial score (nSPS) is 14.6. The highest BCUT2D eigenvalue weighted by atomic mass is 35.5. The van der Waals surface area contributed by atoms with Crippen LogP contribution in [0.25, 0.3) is 0 Å². The van der Waals surface area contributed by atoms with Gasteiger partial charge in [-0.05, 0) is 50.1 Å². The van der Waals surface area contributed by atoms with Crippen LogP contribution in [0.5, 0.6) is 0 Å². The summed E-state index contributed by atoms with van der Waals surface area (Å²) in [7, 11) is -3.85. The molecule has 1 heterocycles. The van der Waals surface area contributed by atoms with E-state index in [4.69, 9.17) is 16.3 Å². The molecule has 1 aliphatic rings. The van der Waals surface area contributed by atoms with E-state index in [2.05, 4.69) is 5.32 Å². The van der Waals surface area contributed by atoms with Gasteiger partial charge in [0.2, 0.25) is 10.0 Å². The van der Waals surface area contributed by atoms with Crippen LogP contribution < -0.4 is 5.32 Å². The maximum Gasteiger partial charge on any atom is 0.338 e. The second-order valence-electron chi connectivity index (χ2n) is 7.37. The van der Waals surface area contributed by atoms with Crippen molar-refractivity contribution in [2.75, 3.05) is 25.0 Å². The smallest absolute Gasteiger partial charge is 0.338 e. The molecule has 170 valence electrons. The zero-order valence-corrected chi connectivity index (χ0v) is 19.0. The summed E-state index contributed by atoms with van der Waals surface area (Å²) >= 11 is 6.11. The Labute approximate surface area is 191 Å². The number of hydrogen-bond acceptors (Lipinski definition) is 6. The molecule has 3 rings (SSSR count). The number of sulfonamides is 1. The lowest BCUT2D eigenvalue weighted by molar-refractivity contribution is -0.119. The molecule has 2 aromatic carbocycles. The standard InChI is InChI=1S/C22H23ClN2O6S/c1-15(26)16-6-5-7-18(12-16)24-21(27)14-31-22(28)17-8-9-19(23)20(13-17)32(29,30)25-10-3-2-4-11-25/h5-9,12-13H,2-4,10-11,14H2,1H3,(H,24,27). The van der Waals surface area contributed by atoms with Crippen LogP contribution in [0.1, 0.15) is 46.9 Å². The van der Waals surface area contributed by atoms with Crippen molar-refractivity contribution in [2.45, 2.75) is 31.1 Å². The number of carbonyl (C=O) groups excluding carboxylic acids is 3. The Morgan fingerprint density at radius 2 is 1.75 bits per heavy atom. The molecule has 1 fully saturated rings. The Bertz CT molecular complexity index is 1140. The quantitative estimate of drug-likeness (QED) is 0.481. The van der Waals surface area contributed by atoms with Crippen LogP contribution in [0.4, 0.5) is 5.69 Å². The van der Waals surface area contributed by atoms with Crippen molar-refractivity contribution in [3.05, 3.63) is 58.6 Å². The monoisotopic (exact) mass is 478 g/mol. The first-order valence-corrected chi connectivity index (χ1v) is 11.9. The van der Waals surface area contributed by atoms with Crippen LogP contribution in [0, 0.1) is 0 Å². The minimum absolute atomic E-state index is 0.00946. The summed E-state index contributed by atoms with van der Waals surface area (Å²) in [6.07, 6.45) is 2.50. The molecule has 0 saturated carbocycles. The molecule has 1 aliphatic heterocycles. The summed E-state index contributed by atoms with van der Waals surface area (Å²) in [6.45, 7) is 1.63. The first-order chi connectivity index (χ1) is 15.2. The van der Waals surface area contributed by atoms with Crippen molar-refractivity contribution in [1.29, 1.82) is 0 Å². The van der Waals surface area contributed by atoms with E-state index in [1.165, 1.54) is 35.5 Å². The zero-order chi connectivity index (χ0) is 23.3. The largest absolute Gasteiger partial charge is 0.452 e. The molecule has 0 aliphatic carbocycles. The molecular weight excluding hydrogens is 456 g/mol. The number of halogens is 1. The predicted octanol–water partition coefficient (Wildman–Crippen LogP) is 3.51. The van der Waals surface area contributed by atoms with Crippen LogP contribution in [0.15, 0.2) is 47.4 Å². The Kier molecular flexibility index (Phi) is 7.65. The van der Waals surface area contributed by atoms with E-state index in [0.717, 1.165) is 19.3 Å². The van der Waals surface area contributed by atoms with Crippen molar-refractivity contribution >= 4 is 45.0 Å². The van der Waals surface area contributed by atoms with E-state index < -0.39 is 28.5 Å². The Morgan fingerprint density at radius 3 is 2.44 bits per heavy atom. The van der Waals surface area contributed by atoms with Gasteiger partial charge in [0.1, 0.15) is 4.90 Å². The Hall–Kier alpha value is -2.75. The molecule has 0 spiro atoms. The number of piperidine rings is 1. The molecule has 10 heteroatoms. The minimum atomic E-state index is -3.85. The number of nitrogens with one attached hydrogen (secondary N) is 1. The highest BCUT2D eigenvalue weighted by molar-refractivity contribution is 7.89. The highest BCUT2D eigenvalue weighted by Gasteiger charge is 2.29. The van der Waals surface area contributed by atoms with Crippen LogP contribution in [-0.4, -0.2) is 50.1 Å². The van der Waals surface area contributed by atoms with Gasteiger partial charge in [0.15, 0.2) is 12.4 Å². The zero-order valence-electron chi connectivity index (χ0n) is 17.5. The van der Waals surface area contributed by atoms with Gasteiger partial charge in [0.05, 0.1) is 10.6 Å². The van der Waals surface area contributed by atoms with Crippen LogP contribution in [0.2, 0.25) is 5.02 Å². The van der Waals surface area contributed by atoms with E-state index in [1.54, 1.807) is 18.2 Å². The van der Waals surface area contributed by atoms with Crippen molar-refractivity contribution in [2.24, 2.45) is 0 Å². The number of hydrogen-bond donors (Lipinski definition) is 1. The number of rotatable bonds is 7. The molecule has 1 saturated heterocycles. The van der Waals surface area contributed by atoms with Gasteiger partial charge in [-0.25, -0.2) is 13.2 Å². The minimum Gasteiger partial charge on any atom is -0.452 e. The summed E-state index contributed by atoms with van der Waals surface area (Å²) in [5, 5.41) is 2.55. The van der Waals surface area contributed by atoms with Crippen molar-refractivity contribution < 1.29 is 27.5 Å². The van der Waals surface area contributed by atoms with Crippen molar-refractivity contribution in [3.63, 3.8) is 0 Å². The van der Waals surface area contributed by atoms with E-state index in [-0.39, 0.29) is 21.3 Å². The average Bonchev–Trinajstić information content (AvgIpc) is 2.78. The number of benzene rings is 2. The molecule has 0 aromatic heterocycles. The first kappa shape index (κ1) is 23.9. The molecule has 1 N–H and O–H groups in total. The lowest BCUT2D eigenvalue weighted by Crippen LogP contribution is -2.35. The second-order valence-corrected chi connectivity index (χ2v) is 9.68. The van der Waals surface area contributed by atoms with E-state index >= 15 is 0 Å². The number of Topliss-reactive ketones (excluding diaryl/α,β-unsaturated/α-hetero) is 1. The van der Waals surface area contributed by atoms with Crippen molar-refractivity contribution in [3.8, 4) is 0 Å².